The van der Waals surface area contributed by atoms with Crippen LogP contribution < -0.4 is 0 Å². The van der Waals surface area contributed by atoms with E-state index in [0.29, 0.717) is 32.0 Å². The Bertz CT molecular complexity index is 1290. The van der Waals surface area contributed by atoms with Gasteiger partial charge >= 0.3 is 0 Å². The summed E-state index contributed by atoms with van der Waals surface area (Å²) >= 11 is 7.12. The molecule has 3 aromatic heterocycles. The zero-order valence-corrected chi connectivity index (χ0v) is 17.8. The van der Waals surface area contributed by atoms with E-state index in [1.165, 1.54) is 42.4 Å². The summed E-state index contributed by atoms with van der Waals surface area (Å²) in [7, 11) is -3.42. The molecule has 0 N–H and O–H groups in total. The largest absolute Gasteiger partial charge is 0.429 e. The van der Waals surface area contributed by atoms with E-state index in [1.807, 2.05) is 0 Å². The number of benzene rings is 1. The molecule has 0 saturated carbocycles. The number of aromatic nitrogens is 3. The van der Waals surface area contributed by atoms with Crippen molar-refractivity contribution in [2.75, 3.05) is 6.26 Å². The van der Waals surface area contributed by atoms with Crippen molar-refractivity contribution < 1.29 is 17.2 Å². The van der Waals surface area contributed by atoms with E-state index < -0.39 is 9.84 Å². The van der Waals surface area contributed by atoms with Crippen LogP contribution in [0.4, 0.5) is 4.39 Å². The average molecular weight is 462 g/mol. The quantitative estimate of drug-likeness (QED) is 0.406. The molecule has 0 aliphatic heterocycles. The molecule has 1 aromatic carbocycles. The van der Waals surface area contributed by atoms with E-state index in [1.54, 1.807) is 30.3 Å². The molecule has 0 aliphatic carbocycles. The van der Waals surface area contributed by atoms with Crippen molar-refractivity contribution in [2.24, 2.45) is 0 Å². The summed E-state index contributed by atoms with van der Waals surface area (Å²) in [5.74, 6) is -0.0836. The predicted molar refractivity (Wildman–Crippen MR) is 112 cm³/mol. The van der Waals surface area contributed by atoms with Crippen LogP contribution in [-0.2, 0) is 9.84 Å². The van der Waals surface area contributed by atoms with Crippen LogP contribution in [0.1, 0.15) is 0 Å². The summed E-state index contributed by atoms with van der Waals surface area (Å²) in [5, 5.41) is 1.52. The average Bonchev–Trinajstić information content (AvgIpc) is 3.13. The van der Waals surface area contributed by atoms with E-state index in [0.717, 1.165) is 6.26 Å². The van der Waals surface area contributed by atoms with Crippen molar-refractivity contribution in [3.63, 3.8) is 0 Å². The lowest BCUT2D eigenvalue weighted by molar-refractivity contribution is 0.485. The van der Waals surface area contributed by atoms with Crippen molar-refractivity contribution in [3.05, 3.63) is 71.8 Å². The monoisotopic (exact) mass is 461 g/mol. The van der Waals surface area contributed by atoms with E-state index in [4.69, 9.17) is 16.0 Å². The van der Waals surface area contributed by atoms with Gasteiger partial charge in [0, 0.05) is 29.8 Å². The van der Waals surface area contributed by atoms with Crippen molar-refractivity contribution in [1.82, 2.24) is 15.0 Å². The van der Waals surface area contributed by atoms with Gasteiger partial charge in [-0.3, -0.25) is 0 Å². The Morgan fingerprint density at radius 3 is 2.30 bits per heavy atom. The second-order valence-electron chi connectivity index (χ2n) is 6.24. The normalized spacial score (nSPS) is 11.6. The van der Waals surface area contributed by atoms with E-state index in [9.17, 15) is 12.8 Å². The minimum atomic E-state index is -3.42. The Hall–Kier alpha value is -2.75. The second kappa shape index (κ2) is 8.17. The molecule has 0 saturated heterocycles. The number of hydrogen-bond donors (Lipinski definition) is 0. The Labute approximate surface area is 181 Å². The number of rotatable bonds is 5. The van der Waals surface area contributed by atoms with Gasteiger partial charge in [-0.15, -0.1) is 0 Å². The molecule has 152 valence electrons. The first-order valence-electron chi connectivity index (χ1n) is 8.52. The Morgan fingerprint density at radius 2 is 1.70 bits per heavy atom. The van der Waals surface area contributed by atoms with Crippen molar-refractivity contribution >= 4 is 33.2 Å². The molecule has 4 rings (SSSR count). The zero-order valence-electron chi connectivity index (χ0n) is 15.4. The van der Waals surface area contributed by atoms with Crippen LogP contribution in [0.3, 0.4) is 0 Å². The highest BCUT2D eigenvalue weighted by Crippen LogP contribution is 2.38. The minimum Gasteiger partial charge on any atom is -0.429 e. The molecule has 4 aromatic rings. The highest BCUT2D eigenvalue weighted by atomic mass is 35.5. The zero-order chi connectivity index (χ0) is 21.3. The molecule has 0 radical (unpaired) electrons. The molecular formula is C20H13ClFN3O3S2. The van der Waals surface area contributed by atoms with Crippen molar-refractivity contribution in [1.29, 1.82) is 0 Å². The lowest BCUT2D eigenvalue weighted by Gasteiger charge is -2.02. The lowest BCUT2D eigenvalue weighted by atomic mass is 10.2. The Kier molecular flexibility index (Phi) is 5.59. The number of hydrogen-bond acceptors (Lipinski definition) is 7. The topological polar surface area (TPSA) is 86.0 Å². The van der Waals surface area contributed by atoms with Crippen LogP contribution in [-0.4, -0.2) is 29.6 Å². The molecule has 0 atom stereocenters. The molecule has 0 spiro atoms. The van der Waals surface area contributed by atoms with Crippen LogP contribution in [0.25, 0.3) is 22.7 Å². The van der Waals surface area contributed by atoms with Crippen molar-refractivity contribution in [2.45, 2.75) is 15.1 Å². The van der Waals surface area contributed by atoms with Gasteiger partial charge in [0.15, 0.2) is 20.0 Å². The van der Waals surface area contributed by atoms with Gasteiger partial charge in [-0.1, -0.05) is 11.6 Å². The van der Waals surface area contributed by atoms with Crippen LogP contribution in [0, 0.1) is 5.82 Å². The van der Waals surface area contributed by atoms with E-state index in [2.05, 4.69) is 15.0 Å². The number of nitrogens with zero attached hydrogens (tertiary/aromatic N) is 3. The number of oxazole rings is 1. The van der Waals surface area contributed by atoms with E-state index >= 15 is 0 Å². The number of halogens is 2. The highest BCUT2D eigenvalue weighted by Gasteiger charge is 2.19. The smallest absolute Gasteiger partial charge is 0.228 e. The third-order valence-electron chi connectivity index (χ3n) is 3.97. The molecule has 3 heterocycles. The molecule has 6 nitrogen and oxygen atoms in total. The van der Waals surface area contributed by atoms with Gasteiger partial charge in [-0.05, 0) is 60.3 Å². The SMILES string of the molecule is CS(=O)(=O)c1ccc(-c2nc(-c3ccc(F)cc3)oc2Sc2ccc(Cl)cn2)cn1. The fraction of sp³-hybridized carbons (Fsp3) is 0.0500. The first-order valence-corrected chi connectivity index (χ1v) is 11.6. The van der Waals surface area contributed by atoms with Crippen LogP contribution in [0.15, 0.2) is 80.5 Å². The Balaban J connectivity index is 1.78. The molecular weight excluding hydrogens is 449 g/mol. The molecule has 0 bridgehead atoms. The number of pyridine rings is 2. The van der Waals surface area contributed by atoms with Crippen LogP contribution in [0.2, 0.25) is 5.02 Å². The van der Waals surface area contributed by atoms with Gasteiger partial charge in [0.25, 0.3) is 0 Å². The molecule has 0 fully saturated rings. The second-order valence-corrected chi connectivity index (χ2v) is 9.63. The van der Waals surface area contributed by atoms with Gasteiger partial charge in [0.05, 0.1) is 5.02 Å². The van der Waals surface area contributed by atoms with Crippen LogP contribution in [0.5, 0.6) is 0 Å². The standard InChI is InChI=1S/C20H13ClFN3O3S2/c1-30(26,27)17-9-4-13(10-24-17)18-20(29-16-8-5-14(21)11-23-16)28-19(25-18)12-2-6-15(22)7-3-12/h2-11H,1H3. The first-order chi connectivity index (χ1) is 14.3. The summed E-state index contributed by atoms with van der Waals surface area (Å²) in [6.07, 6.45) is 4.02. The van der Waals surface area contributed by atoms with Gasteiger partial charge in [-0.25, -0.2) is 27.8 Å². The summed E-state index contributed by atoms with van der Waals surface area (Å²) in [5.41, 5.74) is 1.62. The first kappa shape index (κ1) is 20.5. The van der Waals surface area contributed by atoms with Gasteiger partial charge < -0.3 is 4.42 Å². The van der Waals surface area contributed by atoms with Gasteiger partial charge in [0.1, 0.15) is 16.5 Å². The van der Waals surface area contributed by atoms with Gasteiger partial charge in [-0.2, -0.15) is 0 Å². The molecule has 0 amide bonds. The fourth-order valence-electron chi connectivity index (χ4n) is 2.53. The lowest BCUT2D eigenvalue weighted by Crippen LogP contribution is -1.99. The van der Waals surface area contributed by atoms with Gasteiger partial charge in [0.2, 0.25) is 5.89 Å². The molecule has 0 aliphatic rings. The van der Waals surface area contributed by atoms with Crippen LogP contribution >= 0.6 is 23.4 Å². The maximum absolute atomic E-state index is 13.3. The highest BCUT2D eigenvalue weighted by molar-refractivity contribution is 7.99. The molecule has 30 heavy (non-hydrogen) atoms. The minimum absolute atomic E-state index is 0.0397. The fourth-order valence-corrected chi connectivity index (χ4v) is 4.01. The summed E-state index contributed by atoms with van der Waals surface area (Å²) in [6, 6.07) is 12.2. The third kappa shape index (κ3) is 4.53. The summed E-state index contributed by atoms with van der Waals surface area (Å²) in [6.45, 7) is 0. The Morgan fingerprint density at radius 1 is 0.967 bits per heavy atom. The predicted octanol–water partition coefficient (Wildman–Crippen LogP) is 5.15. The van der Waals surface area contributed by atoms with E-state index in [-0.39, 0.29) is 16.7 Å². The summed E-state index contributed by atoms with van der Waals surface area (Å²) < 4.78 is 42.6. The molecule has 10 heteroatoms. The maximum Gasteiger partial charge on any atom is 0.228 e. The number of sulfone groups is 1. The maximum atomic E-state index is 13.3. The summed E-state index contributed by atoms with van der Waals surface area (Å²) in [4.78, 5) is 12.8. The van der Waals surface area contributed by atoms with Crippen molar-refractivity contribution in [3.8, 4) is 22.7 Å². The third-order valence-corrected chi connectivity index (χ3v) is 6.11. The molecule has 0 unspecified atom stereocenters.